The average molecular weight is 414 g/mol. The molecule has 0 saturated heterocycles. The Morgan fingerprint density at radius 1 is 1.25 bits per heavy atom. The highest BCUT2D eigenvalue weighted by Gasteiger charge is 2.22. The summed E-state index contributed by atoms with van der Waals surface area (Å²) in [5.41, 5.74) is 6.06. The van der Waals surface area contributed by atoms with Gasteiger partial charge in [-0.3, -0.25) is 10.1 Å². The number of amides is 3. The summed E-state index contributed by atoms with van der Waals surface area (Å²) >= 11 is 0.794. The molecule has 28 heavy (non-hydrogen) atoms. The molecule has 8 nitrogen and oxygen atoms in total. The number of benzene rings is 1. The number of anilines is 1. The molecule has 11 heteroatoms. The number of primary amides is 1. The molecule has 1 aromatic heterocycles. The zero-order valence-electron chi connectivity index (χ0n) is 14.8. The fourth-order valence-electron chi connectivity index (χ4n) is 2.37. The molecule has 0 aliphatic heterocycles. The molecule has 0 spiro atoms. The molecule has 152 valence electrons. The van der Waals surface area contributed by atoms with Gasteiger partial charge in [0.15, 0.2) is 0 Å². The number of nitrogens with two attached hydrogens (primary N) is 1. The molecule has 0 atom stereocenters. The molecule has 0 saturated carbocycles. The van der Waals surface area contributed by atoms with Crippen LogP contribution in [-0.4, -0.2) is 34.6 Å². The highest BCUT2D eigenvalue weighted by molar-refractivity contribution is 7.11. The van der Waals surface area contributed by atoms with Gasteiger partial charge in [-0.05, 0) is 34.6 Å². The molecule has 0 aliphatic carbocycles. The largest absolute Gasteiger partial charge is 0.472 e. The summed E-state index contributed by atoms with van der Waals surface area (Å²) in [5.74, 6) is -0.976. The lowest BCUT2D eigenvalue weighted by Gasteiger charge is -2.11. The molecular weight excluding hydrogens is 394 g/mol. The van der Waals surface area contributed by atoms with E-state index in [-0.39, 0.29) is 47.3 Å². The number of urea groups is 1. The van der Waals surface area contributed by atoms with Crippen LogP contribution in [0.25, 0.3) is 0 Å². The van der Waals surface area contributed by atoms with Crippen molar-refractivity contribution in [2.45, 2.75) is 26.4 Å². The van der Waals surface area contributed by atoms with E-state index in [4.69, 9.17) is 15.6 Å². The quantitative estimate of drug-likeness (QED) is 0.444. The minimum absolute atomic E-state index is 0.0736. The summed E-state index contributed by atoms with van der Waals surface area (Å²) in [7, 11) is 0. The third-order valence-electron chi connectivity index (χ3n) is 3.77. The van der Waals surface area contributed by atoms with Crippen molar-refractivity contribution in [3.8, 4) is 5.88 Å². The number of nitrogens with one attached hydrogen (secondary N) is 2. The first-order valence-electron chi connectivity index (χ1n) is 8.31. The number of rotatable bonds is 10. The zero-order chi connectivity index (χ0) is 20.5. The second kappa shape index (κ2) is 10.5. The lowest BCUT2D eigenvalue weighted by atomic mass is 10.0. The molecule has 0 aliphatic rings. The number of halogens is 2. The summed E-state index contributed by atoms with van der Waals surface area (Å²) in [4.78, 5) is 23.6. The maximum atomic E-state index is 13.3. The van der Waals surface area contributed by atoms with Gasteiger partial charge in [-0.2, -0.15) is 4.37 Å². The predicted molar refractivity (Wildman–Crippen MR) is 99.8 cm³/mol. The van der Waals surface area contributed by atoms with E-state index in [0.29, 0.717) is 12.0 Å². The molecule has 0 fully saturated rings. The van der Waals surface area contributed by atoms with Crippen LogP contribution in [0.15, 0.2) is 18.2 Å². The minimum Gasteiger partial charge on any atom is -0.472 e. The van der Waals surface area contributed by atoms with Gasteiger partial charge in [0.1, 0.15) is 30.5 Å². The molecule has 3 amide bonds. The van der Waals surface area contributed by atoms with E-state index in [1.807, 2.05) is 0 Å². The molecule has 1 heterocycles. The Bertz CT molecular complexity index is 831. The topological polar surface area (TPSA) is 127 Å². The number of ether oxygens (including phenoxy) is 1. The third-order valence-corrected chi connectivity index (χ3v) is 4.51. The minimum atomic E-state index is -0.863. The summed E-state index contributed by atoms with van der Waals surface area (Å²) in [6.07, 6.45) is 0.377. The van der Waals surface area contributed by atoms with E-state index < -0.39 is 25.3 Å². The second-order valence-corrected chi connectivity index (χ2v) is 6.40. The van der Waals surface area contributed by atoms with Crippen LogP contribution in [-0.2, 0) is 20.0 Å². The molecule has 1 aromatic carbocycles. The van der Waals surface area contributed by atoms with Gasteiger partial charge in [-0.25, -0.2) is 13.6 Å². The number of nitrogens with zero attached hydrogens (tertiary/aromatic N) is 1. The lowest BCUT2D eigenvalue weighted by Crippen LogP contribution is -2.30. The smallest absolute Gasteiger partial charge is 0.319 e. The summed E-state index contributed by atoms with van der Waals surface area (Å²) in [6.45, 7) is -1.66. The van der Waals surface area contributed by atoms with Crippen molar-refractivity contribution in [3.05, 3.63) is 40.5 Å². The molecular formula is C17H20F2N4O4S. The Morgan fingerprint density at radius 3 is 2.64 bits per heavy atom. The van der Waals surface area contributed by atoms with Gasteiger partial charge < -0.3 is 20.9 Å². The zero-order valence-corrected chi connectivity index (χ0v) is 15.7. The first-order chi connectivity index (χ1) is 13.5. The fourth-order valence-corrected chi connectivity index (χ4v) is 3.11. The third kappa shape index (κ3) is 5.36. The Hall–Kier alpha value is -2.79. The van der Waals surface area contributed by atoms with E-state index in [0.717, 1.165) is 11.5 Å². The van der Waals surface area contributed by atoms with Crippen molar-refractivity contribution in [1.82, 2.24) is 9.69 Å². The first kappa shape index (κ1) is 21.5. The van der Waals surface area contributed by atoms with Crippen LogP contribution in [0, 0.1) is 0 Å². The molecule has 0 radical (unpaired) electrons. The van der Waals surface area contributed by atoms with Crippen LogP contribution < -0.4 is 21.1 Å². The number of hydrogen-bond acceptors (Lipinski definition) is 6. The normalized spacial score (nSPS) is 10.5. The van der Waals surface area contributed by atoms with Crippen molar-refractivity contribution in [1.29, 1.82) is 0 Å². The number of aromatic nitrogens is 1. The van der Waals surface area contributed by atoms with Crippen LogP contribution in [0.1, 0.15) is 33.5 Å². The Kier molecular flexibility index (Phi) is 8.08. The summed E-state index contributed by atoms with van der Waals surface area (Å²) in [6, 6.07) is 4.04. The van der Waals surface area contributed by atoms with Gasteiger partial charge in [-0.1, -0.05) is 18.2 Å². The van der Waals surface area contributed by atoms with Crippen molar-refractivity contribution in [2.75, 3.05) is 18.5 Å². The van der Waals surface area contributed by atoms with E-state index in [9.17, 15) is 18.4 Å². The van der Waals surface area contributed by atoms with Gasteiger partial charge in [-0.15, -0.1) is 0 Å². The number of aliphatic hydroxyl groups excluding tert-OH is 1. The van der Waals surface area contributed by atoms with E-state index >= 15 is 0 Å². The highest BCUT2D eigenvalue weighted by Crippen LogP contribution is 2.31. The van der Waals surface area contributed by atoms with E-state index in [1.54, 1.807) is 12.1 Å². The summed E-state index contributed by atoms with van der Waals surface area (Å²) < 4.78 is 35.7. The van der Waals surface area contributed by atoms with Crippen LogP contribution in [0.5, 0.6) is 5.88 Å². The highest BCUT2D eigenvalue weighted by atomic mass is 32.1. The van der Waals surface area contributed by atoms with Crippen molar-refractivity contribution in [2.24, 2.45) is 5.73 Å². The van der Waals surface area contributed by atoms with Gasteiger partial charge in [0, 0.05) is 13.2 Å². The van der Waals surface area contributed by atoms with Gasteiger partial charge in [0.05, 0.1) is 0 Å². The van der Waals surface area contributed by atoms with E-state index in [2.05, 4.69) is 15.0 Å². The first-order valence-corrected chi connectivity index (χ1v) is 9.08. The molecule has 5 N–H and O–H groups in total. The van der Waals surface area contributed by atoms with Crippen LogP contribution in [0.3, 0.4) is 0 Å². The van der Waals surface area contributed by atoms with Crippen LogP contribution >= 0.6 is 11.5 Å². The fraction of sp³-hybridized carbons (Fsp3) is 0.353. The number of hydrogen-bond donors (Lipinski definition) is 4. The Labute approximate surface area is 163 Å². The molecule has 0 bridgehead atoms. The molecule has 2 rings (SSSR count). The van der Waals surface area contributed by atoms with Crippen molar-refractivity contribution < 1.29 is 28.2 Å². The number of alkyl halides is 2. The SMILES string of the molecule is NC(=O)c1c(OCc2cccc(CF)c2CF)nsc1NC(=O)NCCCO. The maximum absolute atomic E-state index is 13.3. The molecule has 0 unspecified atom stereocenters. The van der Waals surface area contributed by atoms with Crippen molar-refractivity contribution in [3.63, 3.8) is 0 Å². The molecule has 2 aromatic rings. The van der Waals surface area contributed by atoms with Gasteiger partial charge in [0.2, 0.25) is 5.88 Å². The Balaban J connectivity index is 2.14. The maximum Gasteiger partial charge on any atom is 0.319 e. The average Bonchev–Trinajstić information content (AvgIpc) is 3.08. The summed E-state index contributed by atoms with van der Waals surface area (Å²) in [5, 5.41) is 13.7. The Morgan fingerprint density at radius 2 is 2.00 bits per heavy atom. The predicted octanol–water partition coefficient (Wildman–Crippen LogP) is 2.26. The lowest BCUT2D eigenvalue weighted by molar-refractivity contribution is 0.0996. The standard InChI is InChI=1S/C17H20F2N4O4S/c18-7-10-3-1-4-11(12(10)8-19)9-27-15-13(14(20)25)16(28-23-15)22-17(26)21-5-2-6-24/h1,3-4,24H,2,5-9H2,(H2,20,25)(H2,21,22,26). The second-order valence-electron chi connectivity index (χ2n) is 5.62. The number of carbonyl (C=O) groups is 2. The number of aliphatic hydroxyl groups is 1. The number of carbonyl (C=O) groups excluding carboxylic acids is 2. The van der Waals surface area contributed by atoms with Crippen LogP contribution in [0.4, 0.5) is 18.6 Å². The van der Waals surface area contributed by atoms with E-state index in [1.165, 1.54) is 6.07 Å². The van der Waals surface area contributed by atoms with Crippen molar-refractivity contribution >= 4 is 28.5 Å². The van der Waals surface area contributed by atoms with Gasteiger partial charge in [0.25, 0.3) is 5.91 Å². The monoisotopic (exact) mass is 414 g/mol. The van der Waals surface area contributed by atoms with Gasteiger partial charge >= 0.3 is 6.03 Å². The van der Waals surface area contributed by atoms with Crippen LogP contribution in [0.2, 0.25) is 0 Å².